The lowest BCUT2D eigenvalue weighted by atomic mass is 10.1. The predicted molar refractivity (Wildman–Crippen MR) is 87.0 cm³/mol. The van der Waals surface area contributed by atoms with Crippen LogP contribution in [-0.2, 0) is 9.53 Å². The molecule has 1 atom stereocenters. The number of thiocarbonyl (C=S) groups is 1. The summed E-state index contributed by atoms with van der Waals surface area (Å²) in [5, 5.41) is 6.37. The van der Waals surface area contributed by atoms with Crippen LogP contribution in [0.25, 0.3) is 0 Å². The molecule has 0 aliphatic heterocycles. The molecule has 1 unspecified atom stereocenters. The van der Waals surface area contributed by atoms with Crippen molar-refractivity contribution < 1.29 is 9.53 Å². The highest BCUT2D eigenvalue weighted by molar-refractivity contribution is 7.80. The van der Waals surface area contributed by atoms with Gasteiger partial charge in [0.1, 0.15) is 0 Å². The molecule has 108 valence electrons. The van der Waals surface area contributed by atoms with Crippen LogP contribution in [0, 0.1) is 0 Å². The number of rotatable bonds is 4. The SMILES string of the molecule is COC(=O)C(NC(=S)Nc1ccccc1)c1ccccc1. The maximum Gasteiger partial charge on any atom is 0.333 e. The fraction of sp³-hybridized carbons (Fsp3) is 0.125. The Kier molecular flexibility index (Phi) is 5.29. The number of para-hydroxylation sites is 1. The van der Waals surface area contributed by atoms with Gasteiger partial charge in [0.05, 0.1) is 7.11 Å². The number of anilines is 1. The molecule has 4 nitrogen and oxygen atoms in total. The van der Waals surface area contributed by atoms with Crippen LogP contribution < -0.4 is 10.6 Å². The van der Waals surface area contributed by atoms with Crippen LogP contribution in [0.3, 0.4) is 0 Å². The van der Waals surface area contributed by atoms with Gasteiger partial charge in [0.2, 0.25) is 0 Å². The highest BCUT2D eigenvalue weighted by Crippen LogP contribution is 2.14. The molecule has 2 N–H and O–H groups in total. The molecule has 0 saturated carbocycles. The molecule has 0 amide bonds. The minimum Gasteiger partial charge on any atom is -0.467 e. The lowest BCUT2D eigenvalue weighted by molar-refractivity contribution is -0.142. The molecule has 0 bridgehead atoms. The van der Waals surface area contributed by atoms with E-state index >= 15 is 0 Å². The number of carbonyl (C=O) groups is 1. The van der Waals surface area contributed by atoms with Crippen molar-refractivity contribution in [2.45, 2.75) is 6.04 Å². The summed E-state index contributed by atoms with van der Waals surface area (Å²) in [7, 11) is 1.35. The van der Waals surface area contributed by atoms with Crippen LogP contribution in [0.1, 0.15) is 11.6 Å². The summed E-state index contributed by atoms with van der Waals surface area (Å²) in [6.45, 7) is 0. The average molecular weight is 300 g/mol. The first-order chi connectivity index (χ1) is 10.2. The first-order valence-electron chi connectivity index (χ1n) is 6.46. The average Bonchev–Trinajstić information content (AvgIpc) is 2.53. The van der Waals surface area contributed by atoms with Crippen molar-refractivity contribution >= 4 is 29.0 Å². The van der Waals surface area contributed by atoms with Crippen molar-refractivity contribution in [2.24, 2.45) is 0 Å². The van der Waals surface area contributed by atoms with Gasteiger partial charge in [-0.2, -0.15) is 0 Å². The van der Waals surface area contributed by atoms with Gasteiger partial charge in [-0.25, -0.2) is 4.79 Å². The van der Waals surface area contributed by atoms with Crippen molar-refractivity contribution in [1.82, 2.24) is 5.32 Å². The third-order valence-corrected chi connectivity index (χ3v) is 3.10. The lowest BCUT2D eigenvalue weighted by Crippen LogP contribution is -2.37. The van der Waals surface area contributed by atoms with Gasteiger partial charge in [0, 0.05) is 5.69 Å². The normalized spacial score (nSPS) is 11.3. The Labute approximate surface area is 129 Å². The lowest BCUT2D eigenvalue weighted by Gasteiger charge is -2.19. The summed E-state index contributed by atoms with van der Waals surface area (Å²) >= 11 is 5.25. The third-order valence-electron chi connectivity index (χ3n) is 2.88. The smallest absolute Gasteiger partial charge is 0.333 e. The molecule has 21 heavy (non-hydrogen) atoms. The van der Waals surface area contributed by atoms with Gasteiger partial charge >= 0.3 is 5.97 Å². The molecule has 2 aromatic carbocycles. The third kappa shape index (κ3) is 4.29. The number of esters is 1. The Morgan fingerprint density at radius 3 is 2.19 bits per heavy atom. The molecule has 0 spiro atoms. The van der Waals surface area contributed by atoms with E-state index < -0.39 is 12.0 Å². The quantitative estimate of drug-likeness (QED) is 0.671. The largest absolute Gasteiger partial charge is 0.467 e. The molecule has 0 saturated heterocycles. The maximum absolute atomic E-state index is 11.9. The van der Waals surface area contributed by atoms with Crippen LogP contribution >= 0.6 is 12.2 Å². The summed E-state index contributed by atoms with van der Waals surface area (Å²) in [6.07, 6.45) is 0. The van der Waals surface area contributed by atoms with Gasteiger partial charge in [-0.05, 0) is 29.9 Å². The Morgan fingerprint density at radius 2 is 1.62 bits per heavy atom. The van der Waals surface area contributed by atoms with E-state index in [-0.39, 0.29) is 0 Å². The molecule has 0 aromatic heterocycles. The first kappa shape index (κ1) is 15.0. The number of hydrogen-bond donors (Lipinski definition) is 2. The number of methoxy groups -OCH3 is 1. The summed E-state index contributed by atoms with van der Waals surface area (Å²) in [6, 6.07) is 18.2. The van der Waals surface area contributed by atoms with Crippen LogP contribution in [0.5, 0.6) is 0 Å². The summed E-state index contributed by atoms with van der Waals surface area (Å²) in [5.41, 5.74) is 1.65. The van der Waals surface area contributed by atoms with Crippen molar-refractivity contribution in [3.63, 3.8) is 0 Å². The van der Waals surface area contributed by atoms with E-state index in [1.807, 2.05) is 60.7 Å². The van der Waals surface area contributed by atoms with Crippen molar-refractivity contribution in [3.8, 4) is 0 Å². The second-order valence-electron chi connectivity index (χ2n) is 4.33. The molecule has 2 aromatic rings. The van der Waals surface area contributed by atoms with Gasteiger partial charge in [-0.15, -0.1) is 0 Å². The van der Waals surface area contributed by atoms with Crippen LogP contribution in [-0.4, -0.2) is 18.2 Å². The van der Waals surface area contributed by atoms with Crippen LogP contribution in [0.4, 0.5) is 5.69 Å². The molecule has 0 radical (unpaired) electrons. The van der Waals surface area contributed by atoms with Gasteiger partial charge in [0.15, 0.2) is 11.2 Å². The summed E-state index contributed by atoms with van der Waals surface area (Å²) in [5.74, 6) is -0.390. The topological polar surface area (TPSA) is 50.4 Å². The van der Waals surface area contributed by atoms with Gasteiger partial charge < -0.3 is 15.4 Å². The van der Waals surface area contributed by atoms with Crippen molar-refractivity contribution in [1.29, 1.82) is 0 Å². The number of ether oxygens (including phenoxy) is 1. The summed E-state index contributed by atoms with van der Waals surface area (Å²) < 4.78 is 4.83. The first-order valence-corrected chi connectivity index (χ1v) is 6.87. The molecule has 2 rings (SSSR count). The Balaban J connectivity index is 2.09. The predicted octanol–water partition coefficient (Wildman–Crippen LogP) is 2.89. The molecular weight excluding hydrogens is 284 g/mol. The Hall–Kier alpha value is -2.40. The Morgan fingerprint density at radius 1 is 1.05 bits per heavy atom. The zero-order valence-corrected chi connectivity index (χ0v) is 12.4. The minimum atomic E-state index is -0.639. The highest BCUT2D eigenvalue weighted by atomic mass is 32.1. The van der Waals surface area contributed by atoms with E-state index in [0.29, 0.717) is 5.11 Å². The second-order valence-corrected chi connectivity index (χ2v) is 4.74. The molecule has 0 aliphatic rings. The van der Waals surface area contributed by atoms with Crippen molar-refractivity contribution in [2.75, 3.05) is 12.4 Å². The molecular formula is C16H16N2O2S. The molecule has 0 aliphatic carbocycles. The maximum atomic E-state index is 11.9. The molecule has 5 heteroatoms. The van der Waals surface area contributed by atoms with E-state index in [4.69, 9.17) is 17.0 Å². The fourth-order valence-corrected chi connectivity index (χ4v) is 2.10. The van der Waals surface area contributed by atoms with E-state index in [2.05, 4.69) is 10.6 Å². The van der Waals surface area contributed by atoms with Gasteiger partial charge in [-0.1, -0.05) is 48.5 Å². The van der Waals surface area contributed by atoms with Gasteiger partial charge in [0.25, 0.3) is 0 Å². The van der Waals surface area contributed by atoms with Gasteiger partial charge in [-0.3, -0.25) is 0 Å². The Bertz CT molecular complexity index is 602. The highest BCUT2D eigenvalue weighted by Gasteiger charge is 2.21. The second kappa shape index (κ2) is 7.40. The zero-order chi connectivity index (χ0) is 15.1. The van der Waals surface area contributed by atoms with E-state index in [1.54, 1.807) is 0 Å². The van der Waals surface area contributed by atoms with Crippen LogP contribution in [0.15, 0.2) is 60.7 Å². The van der Waals surface area contributed by atoms with Crippen molar-refractivity contribution in [3.05, 3.63) is 66.2 Å². The van der Waals surface area contributed by atoms with Crippen LogP contribution in [0.2, 0.25) is 0 Å². The minimum absolute atomic E-state index is 0.362. The number of nitrogens with one attached hydrogen (secondary N) is 2. The van der Waals surface area contributed by atoms with E-state index in [9.17, 15) is 4.79 Å². The standard InChI is InChI=1S/C16H16N2O2S/c1-20-15(19)14(12-8-4-2-5-9-12)18-16(21)17-13-10-6-3-7-11-13/h2-11,14H,1H3,(H2,17,18,21). The van der Waals surface area contributed by atoms with E-state index in [0.717, 1.165) is 11.3 Å². The monoisotopic (exact) mass is 300 g/mol. The number of carbonyl (C=O) groups excluding carboxylic acids is 1. The number of benzene rings is 2. The fourth-order valence-electron chi connectivity index (χ4n) is 1.86. The zero-order valence-electron chi connectivity index (χ0n) is 11.6. The summed E-state index contributed by atoms with van der Waals surface area (Å²) in [4.78, 5) is 11.9. The molecule has 0 fully saturated rings. The molecule has 0 heterocycles. The number of hydrogen-bond acceptors (Lipinski definition) is 3. The van der Waals surface area contributed by atoms with E-state index in [1.165, 1.54) is 7.11 Å².